The summed E-state index contributed by atoms with van der Waals surface area (Å²) < 4.78 is 4.85. The van der Waals surface area contributed by atoms with Crippen molar-refractivity contribution < 1.29 is 19.1 Å². The molecule has 23 heavy (non-hydrogen) atoms. The molecule has 0 aliphatic heterocycles. The molecule has 3 N–H and O–H groups in total. The summed E-state index contributed by atoms with van der Waals surface area (Å²) in [6, 6.07) is 8.69. The molecule has 0 bridgehead atoms. The van der Waals surface area contributed by atoms with Gasteiger partial charge in [-0.1, -0.05) is 37.3 Å². The van der Waals surface area contributed by atoms with Gasteiger partial charge in [-0.05, 0) is 24.8 Å². The molecule has 0 aromatic heterocycles. The van der Waals surface area contributed by atoms with E-state index in [2.05, 4.69) is 5.32 Å². The van der Waals surface area contributed by atoms with Gasteiger partial charge in [-0.3, -0.25) is 14.4 Å². The molecule has 6 heteroatoms. The van der Waals surface area contributed by atoms with Gasteiger partial charge in [0.15, 0.2) is 0 Å². The lowest BCUT2D eigenvalue weighted by atomic mass is 9.97. The van der Waals surface area contributed by atoms with Crippen molar-refractivity contribution in [1.29, 1.82) is 0 Å². The predicted molar refractivity (Wildman–Crippen MR) is 86.3 cm³/mol. The summed E-state index contributed by atoms with van der Waals surface area (Å²) in [4.78, 5) is 35.0. The van der Waals surface area contributed by atoms with E-state index >= 15 is 0 Å². The number of benzene rings is 1. The number of hydrogen-bond donors (Lipinski definition) is 2. The summed E-state index contributed by atoms with van der Waals surface area (Å²) in [6.07, 6.45) is 0.852. The number of carbonyl (C=O) groups is 3. The summed E-state index contributed by atoms with van der Waals surface area (Å²) >= 11 is 0. The van der Waals surface area contributed by atoms with Crippen molar-refractivity contribution in [2.45, 2.75) is 39.2 Å². The lowest BCUT2D eigenvalue weighted by Crippen LogP contribution is -2.49. The van der Waals surface area contributed by atoms with Crippen molar-refractivity contribution in [2.24, 2.45) is 11.7 Å². The zero-order valence-electron chi connectivity index (χ0n) is 13.6. The molecular weight excluding hydrogens is 296 g/mol. The van der Waals surface area contributed by atoms with Gasteiger partial charge in [0, 0.05) is 6.42 Å². The van der Waals surface area contributed by atoms with Crippen molar-refractivity contribution in [3.8, 4) is 0 Å². The van der Waals surface area contributed by atoms with Gasteiger partial charge >= 0.3 is 5.97 Å². The molecule has 1 rings (SSSR count). The molecule has 0 aliphatic carbocycles. The molecule has 0 saturated heterocycles. The van der Waals surface area contributed by atoms with Crippen LogP contribution in [0.5, 0.6) is 0 Å². The summed E-state index contributed by atoms with van der Waals surface area (Å²) in [5.74, 6) is -1.76. The Morgan fingerprint density at radius 1 is 1.22 bits per heavy atom. The molecular formula is C17H24N2O4. The van der Waals surface area contributed by atoms with Crippen molar-refractivity contribution in [2.75, 3.05) is 6.61 Å². The predicted octanol–water partition coefficient (Wildman–Crippen LogP) is 1.18. The molecule has 0 radical (unpaired) electrons. The second-order valence-corrected chi connectivity index (χ2v) is 5.42. The van der Waals surface area contributed by atoms with Gasteiger partial charge in [0.2, 0.25) is 11.8 Å². The van der Waals surface area contributed by atoms with E-state index < -0.39 is 23.8 Å². The number of aryl methyl sites for hydroxylation is 1. The van der Waals surface area contributed by atoms with Crippen LogP contribution in [0.2, 0.25) is 0 Å². The highest BCUT2D eigenvalue weighted by Crippen LogP contribution is 2.10. The topological polar surface area (TPSA) is 98.5 Å². The molecule has 1 aromatic rings. The molecule has 0 aliphatic rings. The number of amides is 2. The molecule has 2 atom stereocenters. The quantitative estimate of drug-likeness (QED) is 0.667. The molecule has 0 unspecified atom stereocenters. The summed E-state index contributed by atoms with van der Waals surface area (Å²) in [7, 11) is 0. The van der Waals surface area contributed by atoms with Crippen LogP contribution in [0.15, 0.2) is 30.3 Å². The minimum absolute atomic E-state index is 0.0282. The number of nitrogens with one attached hydrogen (secondary N) is 1. The molecule has 0 saturated carbocycles. The van der Waals surface area contributed by atoms with Crippen molar-refractivity contribution in [3.05, 3.63) is 35.9 Å². The highest BCUT2D eigenvalue weighted by atomic mass is 16.5. The first-order valence-electron chi connectivity index (χ1n) is 7.72. The Labute approximate surface area is 136 Å². The third-order valence-corrected chi connectivity index (χ3v) is 3.47. The number of ether oxygens (including phenoxy) is 1. The van der Waals surface area contributed by atoms with Gasteiger partial charge in [-0.25, -0.2) is 0 Å². The smallest absolute Gasteiger partial charge is 0.306 e. The Hall–Kier alpha value is -2.37. The third-order valence-electron chi connectivity index (χ3n) is 3.47. The third kappa shape index (κ3) is 6.95. The molecule has 0 fully saturated rings. The highest BCUT2D eigenvalue weighted by molar-refractivity contribution is 5.87. The van der Waals surface area contributed by atoms with Crippen LogP contribution in [0.4, 0.5) is 0 Å². The Morgan fingerprint density at radius 2 is 1.87 bits per heavy atom. The Balaban J connectivity index is 2.52. The highest BCUT2D eigenvalue weighted by Gasteiger charge is 2.26. The standard InChI is InChI=1S/C17H24N2O4/c1-3-23-15(21)11-12(2)16(17(18)22)19-14(20)10-9-13-7-5-4-6-8-13/h4-8,12,16H,3,9-11H2,1-2H3,(H2,18,22)(H,19,20)/t12-,16-/m1/s1. The number of hydrogen-bond acceptors (Lipinski definition) is 4. The molecule has 126 valence electrons. The maximum Gasteiger partial charge on any atom is 0.306 e. The molecule has 1 aromatic carbocycles. The molecule has 0 spiro atoms. The van der Waals surface area contributed by atoms with Gasteiger partial charge in [-0.15, -0.1) is 0 Å². The zero-order chi connectivity index (χ0) is 17.2. The first kappa shape index (κ1) is 18.7. The van der Waals surface area contributed by atoms with E-state index in [0.29, 0.717) is 6.42 Å². The number of esters is 1. The van der Waals surface area contributed by atoms with E-state index in [9.17, 15) is 14.4 Å². The number of rotatable bonds is 9. The van der Waals surface area contributed by atoms with Crippen LogP contribution >= 0.6 is 0 Å². The Kier molecular flexibility index (Phi) is 7.80. The monoisotopic (exact) mass is 320 g/mol. The summed E-state index contributed by atoms with van der Waals surface area (Å²) in [6.45, 7) is 3.67. The molecule has 0 heterocycles. The lowest BCUT2D eigenvalue weighted by Gasteiger charge is -2.21. The normalized spacial score (nSPS) is 13.0. The first-order chi connectivity index (χ1) is 10.9. The van der Waals surface area contributed by atoms with Gasteiger partial charge < -0.3 is 15.8 Å². The van der Waals surface area contributed by atoms with Gasteiger partial charge in [0.25, 0.3) is 0 Å². The van der Waals surface area contributed by atoms with Crippen LogP contribution in [-0.4, -0.2) is 30.4 Å². The SMILES string of the molecule is CCOC(=O)C[C@@H](C)[C@@H](NC(=O)CCc1ccccc1)C(N)=O. The largest absolute Gasteiger partial charge is 0.466 e. The van der Waals surface area contributed by atoms with Crippen molar-refractivity contribution >= 4 is 17.8 Å². The van der Waals surface area contributed by atoms with Crippen LogP contribution < -0.4 is 11.1 Å². The van der Waals surface area contributed by atoms with Gasteiger partial charge in [0.05, 0.1) is 13.0 Å². The minimum atomic E-state index is -0.886. The van der Waals surface area contributed by atoms with Crippen molar-refractivity contribution in [1.82, 2.24) is 5.32 Å². The van der Waals surface area contributed by atoms with Crippen LogP contribution in [-0.2, 0) is 25.5 Å². The summed E-state index contributed by atoms with van der Waals surface area (Å²) in [5.41, 5.74) is 6.38. The van der Waals surface area contributed by atoms with Crippen LogP contribution in [0.1, 0.15) is 32.3 Å². The fourth-order valence-corrected chi connectivity index (χ4v) is 2.24. The maximum absolute atomic E-state index is 12.0. The number of carbonyl (C=O) groups excluding carboxylic acids is 3. The second kappa shape index (κ2) is 9.61. The van der Waals surface area contributed by atoms with E-state index in [0.717, 1.165) is 5.56 Å². The first-order valence-corrected chi connectivity index (χ1v) is 7.72. The van der Waals surface area contributed by atoms with Gasteiger partial charge in [-0.2, -0.15) is 0 Å². The number of nitrogens with two attached hydrogens (primary N) is 1. The van der Waals surface area contributed by atoms with Gasteiger partial charge in [0.1, 0.15) is 6.04 Å². The van der Waals surface area contributed by atoms with E-state index in [1.165, 1.54) is 0 Å². The fraction of sp³-hybridized carbons (Fsp3) is 0.471. The Bertz CT molecular complexity index is 531. The maximum atomic E-state index is 12.0. The van der Waals surface area contributed by atoms with E-state index in [1.807, 2.05) is 30.3 Å². The van der Waals surface area contributed by atoms with Crippen LogP contribution in [0.25, 0.3) is 0 Å². The molecule has 6 nitrogen and oxygen atoms in total. The van der Waals surface area contributed by atoms with E-state index in [1.54, 1.807) is 13.8 Å². The van der Waals surface area contributed by atoms with Crippen molar-refractivity contribution in [3.63, 3.8) is 0 Å². The van der Waals surface area contributed by atoms with E-state index in [4.69, 9.17) is 10.5 Å². The average Bonchev–Trinajstić information content (AvgIpc) is 2.51. The summed E-state index contributed by atoms with van der Waals surface area (Å²) in [5, 5.41) is 2.61. The molecule has 2 amide bonds. The Morgan fingerprint density at radius 3 is 2.43 bits per heavy atom. The van der Waals surface area contributed by atoms with E-state index in [-0.39, 0.29) is 25.4 Å². The zero-order valence-corrected chi connectivity index (χ0v) is 13.6. The fourth-order valence-electron chi connectivity index (χ4n) is 2.24. The van der Waals surface area contributed by atoms with Crippen LogP contribution in [0.3, 0.4) is 0 Å². The minimum Gasteiger partial charge on any atom is -0.466 e. The number of primary amides is 1. The average molecular weight is 320 g/mol. The van der Waals surface area contributed by atoms with Crippen LogP contribution in [0, 0.1) is 5.92 Å². The lowest BCUT2D eigenvalue weighted by molar-refractivity contribution is -0.144. The second-order valence-electron chi connectivity index (χ2n) is 5.42.